The van der Waals surface area contributed by atoms with Crippen LogP contribution >= 0.6 is 0 Å². The highest BCUT2D eigenvalue weighted by Crippen LogP contribution is 2.13. The second-order valence-corrected chi connectivity index (χ2v) is 6.64. The van der Waals surface area contributed by atoms with Crippen LogP contribution in [-0.2, 0) is 21.2 Å². The van der Waals surface area contributed by atoms with Gasteiger partial charge in [0.1, 0.15) is 6.04 Å². The van der Waals surface area contributed by atoms with Crippen LogP contribution in [0.2, 0.25) is 0 Å². The minimum Gasteiger partial charge on any atom is -0.480 e. The molecule has 0 fully saturated rings. The Morgan fingerprint density at radius 1 is 1.21 bits per heavy atom. The summed E-state index contributed by atoms with van der Waals surface area (Å²) in [6, 6.07) is 5.34. The van der Waals surface area contributed by atoms with Crippen LogP contribution in [0.1, 0.15) is 26.3 Å². The molecule has 0 heterocycles. The maximum atomic E-state index is 11.9. The molecule has 1 aromatic rings. The molecule has 0 saturated carbocycles. The van der Waals surface area contributed by atoms with Gasteiger partial charge in [-0.1, -0.05) is 26.0 Å². The van der Waals surface area contributed by atoms with Crippen molar-refractivity contribution in [1.29, 1.82) is 0 Å². The molecule has 19 heavy (non-hydrogen) atoms. The minimum absolute atomic E-state index is 0.0770. The van der Waals surface area contributed by atoms with E-state index < -0.39 is 22.0 Å². The molecule has 0 aromatic heterocycles. The average Bonchev–Trinajstić information content (AvgIpc) is 2.28. The van der Waals surface area contributed by atoms with Gasteiger partial charge in [-0.15, -0.1) is 0 Å². The number of aliphatic carboxylic acids is 1. The molecule has 0 aliphatic carbocycles. The van der Waals surface area contributed by atoms with E-state index in [9.17, 15) is 13.2 Å². The summed E-state index contributed by atoms with van der Waals surface area (Å²) in [6.07, 6.45) is 0.874. The Bertz CT molecular complexity index is 534. The Hall–Kier alpha value is -1.40. The molecule has 106 valence electrons. The van der Waals surface area contributed by atoms with E-state index in [1.807, 2.05) is 0 Å². The number of sulfonamides is 1. The van der Waals surface area contributed by atoms with E-state index in [1.165, 1.54) is 19.1 Å². The highest BCUT2D eigenvalue weighted by Gasteiger charge is 2.21. The van der Waals surface area contributed by atoms with Crippen LogP contribution in [0.15, 0.2) is 29.2 Å². The number of benzene rings is 1. The molecule has 6 heteroatoms. The van der Waals surface area contributed by atoms with Gasteiger partial charge in [-0.25, -0.2) is 8.42 Å². The standard InChI is InChI=1S/C13H19NO4S/c1-9(2)8-11-4-6-12(7-5-11)19(17,18)14-10(3)13(15)16/h4-7,9-10,14H,8H2,1-3H3,(H,15,16). The van der Waals surface area contributed by atoms with Crippen LogP contribution in [0.4, 0.5) is 0 Å². The number of carboxylic acids is 1. The van der Waals surface area contributed by atoms with Crippen molar-refractivity contribution >= 4 is 16.0 Å². The molecule has 0 spiro atoms. The summed E-state index contributed by atoms with van der Waals surface area (Å²) in [5, 5.41) is 8.71. The lowest BCUT2D eigenvalue weighted by Gasteiger charge is -2.11. The summed E-state index contributed by atoms with van der Waals surface area (Å²) in [5.41, 5.74) is 1.06. The largest absolute Gasteiger partial charge is 0.480 e. The van der Waals surface area contributed by atoms with Crippen molar-refractivity contribution < 1.29 is 18.3 Å². The van der Waals surface area contributed by atoms with Gasteiger partial charge in [0.05, 0.1) is 4.90 Å². The first-order valence-corrected chi connectivity index (χ1v) is 7.55. The third kappa shape index (κ3) is 4.65. The van der Waals surface area contributed by atoms with Crippen molar-refractivity contribution in [1.82, 2.24) is 4.72 Å². The van der Waals surface area contributed by atoms with Crippen molar-refractivity contribution in [2.75, 3.05) is 0 Å². The van der Waals surface area contributed by atoms with E-state index in [0.29, 0.717) is 5.92 Å². The first-order valence-electron chi connectivity index (χ1n) is 6.06. The van der Waals surface area contributed by atoms with Crippen molar-refractivity contribution in [3.05, 3.63) is 29.8 Å². The fraction of sp³-hybridized carbons (Fsp3) is 0.462. The Morgan fingerprint density at radius 3 is 2.16 bits per heavy atom. The zero-order chi connectivity index (χ0) is 14.6. The maximum Gasteiger partial charge on any atom is 0.321 e. The number of carbonyl (C=O) groups is 1. The quantitative estimate of drug-likeness (QED) is 0.832. The van der Waals surface area contributed by atoms with E-state index >= 15 is 0 Å². The van der Waals surface area contributed by atoms with Gasteiger partial charge in [0, 0.05) is 0 Å². The predicted octanol–water partition coefficient (Wildman–Crippen LogP) is 1.64. The molecular formula is C13H19NO4S. The molecule has 1 unspecified atom stereocenters. The molecule has 0 radical (unpaired) electrons. The zero-order valence-electron chi connectivity index (χ0n) is 11.3. The van der Waals surface area contributed by atoms with Crippen LogP contribution in [0, 0.1) is 5.92 Å². The molecular weight excluding hydrogens is 266 g/mol. The van der Waals surface area contributed by atoms with Gasteiger partial charge in [0.15, 0.2) is 0 Å². The lowest BCUT2D eigenvalue weighted by Crippen LogP contribution is -2.38. The van der Waals surface area contributed by atoms with Crippen molar-refractivity contribution in [2.45, 2.75) is 38.1 Å². The molecule has 0 saturated heterocycles. The van der Waals surface area contributed by atoms with E-state index in [2.05, 4.69) is 18.6 Å². The average molecular weight is 285 g/mol. The maximum absolute atomic E-state index is 11.9. The third-order valence-electron chi connectivity index (χ3n) is 2.58. The lowest BCUT2D eigenvalue weighted by molar-refractivity contribution is -0.138. The van der Waals surface area contributed by atoms with Gasteiger partial charge in [-0.2, -0.15) is 4.72 Å². The summed E-state index contributed by atoms with van der Waals surface area (Å²) in [4.78, 5) is 10.7. The molecule has 0 aliphatic rings. The minimum atomic E-state index is -3.78. The topological polar surface area (TPSA) is 83.5 Å². The summed E-state index contributed by atoms with van der Waals surface area (Å²) in [5.74, 6) is -0.715. The van der Waals surface area contributed by atoms with Crippen LogP contribution in [0.5, 0.6) is 0 Å². The Balaban J connectivity index is 2.88. The van der Waals surface area contributed by atoms with E-state index in [4.69, 9.17) is 5.11 Å². The summed E-state index contributed by atoms with van der Waals surface area (Å²) in [6.45, 7) is 5.45. The van der Waals surface area contributed by atoms with Gasteiger partial charge in [-0.05, 0) is 37.0 Å². The number of hydrogen-bond donors (Lipinski definition) is 2. The van der Waals surface area contributed by atoms with Gasteiger partial charge in [-0.3, -0.25) is 4.79 Å². The van der Waals surface area contributed by atoms with Crippen LogP contribution in [0.3, 0.4) is 0 Å². The van der Waals surface area contributed by atoms with Crippen LogP contribution in [-0.4, -0.2) is 25.5 Å². The monoisotopic (exact) mass is 285 g/mol. The Labute approximate surface area is 113 Å². The molecule has 0 aliphatic heterocycles. The molecule has 1 atom stereocenters. The SMILES string of the molecule is CC(C)Cc1ccc(S(=O)(=O)NC(C)C(=O)O)cc1. The molecule has 2 N–H and O–H groups in total. The molecule has 5 nitrogen and oxygen atoms in total. The van der Waals surface area contributed by atoms with Gasteiger partial charge in [0.2, 0.25) is 10.0 Å². The second-order valence-electron chi connectivity index (χ2n) is 4.92. The summed E-state index contributed by atoms with van der Waals surface area (Å²) in [7, 11) is -3.78. The van der Waals surface area contributed by atoms with Crippen molar-refractivity contribution in [3.63, 3.8) is 0 Å². The van der Waals surface area contributed by atoms with Crippen LogP contribution < -0.4 is 4.72 Å². The second kappa shape index (κ2) is 6.16. The summed E-state index contributed by atoms with van der Waals surface area (Å²) >= 11 is 0. The number of nitrogens with one attached hydrogen (secondary N) is 1. The summed E-state index contributed by atoms with van der Waals surface area (Å²) < 4.78 is 25.9. The van der Waals surface area contributed by atoms with E-state index in [0.717, 1.165) is 12.0 Å². The number of hydrogen-bond acceptors (Lipinski definition) is 3. The molecule has 0 bridgehead atoms. The van der Waals surface area contributed by atoms with Gasteiger partial charge in [0.25, 0.3) is 0 Å². The zero-order valence-corrected chi connectivity index (χ0v) is 12.1. The normalized spacial score (nSPS) is 13.5. The Kier molecular flexibility index (Phi) is 5.08. The molecule has 1 rings (SSSR count). The fourth-order valence-electron chi connectivity index (χ4n) is 1.63. The lowest BCUT2D eigenvalue weighted by atomic mass is 10.0. The highest BCUT2D eigenvalue weighted by atomic mass is 32.2. The number of carboxylic acid groups (broad SMARTS) is 1. The first kappa shape index (κ1) is 15.7. The van der Waals surface area contributed by atoms with Crippen LogP contribution in [0.25, 0.3) is 0 Å². The smallest absolute Gasteiger partial charge is 0.321 e. The molecule has 0 amide bonds. The van der Waals surface area contributed by atoms with E-state index in [1.54, 1.807) is 12.1 Å². The van der Waals surface area contributed by atoms with Crippen molar-refractivity contribution in [3.8, 4) is 0 Å². The Morgan fingerprint density at radius 2 is 1.74 bits per heavy atom. The predicted molar refractivity (Wildman–Crippen MR) is 72.4 cm³/mol. The third-order valence-corrected chi connectivity index (χ3v) is 4.14. The first-order chi connectivity index (χ1) is 8.72. The van der Waals surface area contributed by atoms with Gasteiger partial charge < -0.3 is 5.11 Å². The fourth-order valence-corrected chi connectivity index (χ4v) is 2.82. The van der Waals surface area contributed by atoms with E-state index in [-0.39, 0.29) is 4.90 Å². The van der Waals surface area contributed by atoms with Gasteiger partial charge >= 0.3 is 5.97 Å². The van der Waals surface area contributed by atoms with Crippen molar-refractivity contribution in [2.24, 2.45) is 5.92 Å². The molecule has 1 aromatic carbocycles. The number of rotatable bonds is 6. The highest BCUT2D eigenvalue weighted by molar-refractivity contribution is 7.89.